The van der Waals surface area contributed by atoms with Crippen LogP contribution in [-0.4, -0.2) is 36.5 Å². The lowest BCUT2D eigenvalue weighted by Gasteiger charge is -2.14. The second kappa shape index (κ2) is 4.14. The van der Waals surface area contributed by atoms with Crippen LogP contribution < -0.4 is 0 Å². The molecule has 1 N–H and O–H groups in total. The summed E-state index contributed by atoms with van der Waals surface area (Å²) in [6.45, 7) is 2.36. The van der Waals surface area contributed by atoms with Gasteiger partial charge in [-0.25, -0.2) is 4.79 Å². The van der Waals surface area contributed by atoms with Crippen LogP contribution in [0.5, 0.6) is 0 Å². The van der Waals surface area contributed by atoms with Crippen molar-refractivity contribution in [1.29, 1.82) is 0 Å². The molecule has 0 aliphatic rings. The van der Waals surface area contributed by atoms with Gasteiger partial charge in [-0.2, -0.15) is 0 Å². The first kappa shape index (κ1) is 8.23. The number of amides is 1. The van der Waals surface area contributed by atoms with E-state index in [1.165, 1.54) is 12.0 Å². The Hall–Kier alpha value is -0.770. The van der Waals surface area contributed by atoms with Crippen LogP contribution in [0.2, 0.25) is 0 Å². The Kier molecular flexibility index (Phi) is 3.79. The molecule has 1 amide bonds. The normalized spacial score (nSPS) is 9.11. The van der Waals surface area contributed by atoms with Gasteiger partial charge in [-0.05, 0) is 6.92 Å². The SMILES string of the molecule is CCN(COC)C(=O)O. The molecule has 0 radical (unpaired) electrons. The summed E-state index contributed by atoms with van der Waals surface area (Å²) in [5.41, 5.74) is 0. The van der Waals surface area contributed by atoms with Gasteiger partial charge in [0.2, 0.25) is 0 Å². The van der Waals surface area contributed by atoms with Crippen LogP contribution in [0.4, 0.5) is 4.79 Å². The third-order valence-corrected chi connectivity index (χ3v) is 0.937. The van der Waals surface area contributed by atoms with E-state index in [0.29, 0.717) is 6.54 Å². The van der Waals surface area contributed by atoms with Crippen molar-refractivity contribution in [3.63, 3.8) is 0 Å². The molecule has 0 aliphatic carbocycles. The van der Waals surface area contributed by atoms with Gasteiger partial charge in [0.1, 0.15) is 6.73 Å². The number of rotatable bonds is 3. The van der Waals surface area contributed by atoms with E-state index in [9.17, 15) is 4.79 Å². The van der Waals surface area contributed by atoms with Crippen LogP contribution in [0.25, 0.3) is 0 Å². The molecule has 0 saturated carbocycles. The minimum absolute atomic E-state index is 0.145. The highest BCUT2D eigenvalue weighted by molar-refractivity contribution is 5.64. The predicted octanol–water partition coefficient (Wildman–Crippen LogP) is 0.590. The highest BCUT2D eigenvalue weighted by Crippen LogP contribution is 1.86. The van der Waals surface area contributed by atoms with Crippen molar-refractivity contribution < 1.29 is 14.6 Å². The molecule has 0 atom stereocenters. The average Bonchev–Trinajstić information content (AvgIpc) is 1.82. The second-order valence-corrected chi connectivity index (χ2v) is 1.56. The molecule has 0 aliphatic heterocycles. The van der Waals surface area contributed by atoms with Crippen molar-refractivity contribution in [3.8, 4) is 0 Å². The Morgan fingerprint density at radius 2 is 2.33 bits per heavy atom. The zero-order chi connectivity index (χ0) is 7.28. The molecule has 0 aromatic carbocycles. The lowest BCUT2D eigenvalue weighted by Crippen LogP contribution is -2.30. The molecule has 0 saturated heterocycles. The van der Waals surface area contributed by atoms with E-state index in [0.717, 1.165) is 0 Å². The highest BCUT2D eigenvalue weighted by atomic mass is 16.5. The van der Waals surface area contributed by atoms with Gasteiger partial charge in [0.15, 0.2) is 0 Å². The number of hydrogen-bond donors (Lipinski definition) is 1. The van der Waals surface area contributed by atoms with Crippen LogP contribution in [0, 0.1) is 0 Å². The second-order valence-electron chi connectivity index (χ2n) is 1.56. The molecule has 0 aromatic heterocycles. The predicted molar refractivity (Wildman–Crippen MR) is 32.3 cm³/mol. The third kappa shape index (κ3) is 2.92. The maximum Gasteiger partial charge on any atom is 0.409 e. The molecular formula is C5H11NO3. The Morgan fingerprint density at radius 1 is 1.78 bits per heavy atom. The van der Waals surface area contributed by atoms with Crippen molar-refractivity contribution >= 4 is 6.09 Å². The fraction of sp³-hybridized carbons (Fsp3) is 0.800. The first-order valence-electron chi connectivity index (χ1n) is 2.69. The van der Waals surface area contributed by atoms with E-state index >= 15 is 0 Å². The Morgan fingerprint density at radius 3 is 2.44 bits per heavy atom. The van der Waals surface area contributed by atoms with Gasteiger partial charge in [0.05, 0.1) is 0 Å². The zero-order valence-corrected chi connectivity index (χ0v) is 5.63. The molecule has 9 heavy (non-hydrogen) atoms. The van der Waals surface area contributed by atoms with Gasteiger partial charge in [-0.15, -0.1) is 0 Å². The number of hydrogen-bond acceptors (Lipinski definition) is 2. The fourth-order valence-corrected chi connectivity index (χ4v) is 0.438. The summed E-state index contributed by atoms with van der Waals surface area (Å²) in [6.07, 6.45) is -0.945. The van der Waals surface area contributed by atoms with Crippen molar-refractivity contribution in [1.82, 2.24) is 4.90 Å². The van der Waals surface area contributed by atoms with Crippen LogP contribution in [-0.2, 0) is 4.74 Å². The molecule has 0 rings (SSSR count). The van der Waals surface area contributed by atoms with Gasteiger partial charge in [0, 0.05) is 13.7 Å². The van der Waals surface area contributed by atoms with E-state index in [2.05, 4.69) is 4.74 Å². The average molecular weight is 133 g/mol. The topological polar surface area (TPSA) is 49.8 Å². The highest BCUT2D eigenvalue weighted by Gasteiger charge is 2.05. The standard InChI is InChI=1S/C5H11NO3/c1-3-6(4-9-2)5(7)8/h3-4H2,1-2H3,(H,7,8). The number of ether oxygens (including phenoxy) is 1. The minimum Gasteiger partial charge on any atom is -0.465 e. The van der Waals surface area contributed by atoms with E-state index in [1.54, 1.807) is 6.92 Å². The Bertz CT molecular complexity index is 94.2. The number of nitrogens with zero attached hydrogens (tertiary/aromatic N) is 1. The van der Waals surface area contributed by atoms with Gasteiger partial charge in [-0.3, -0.25) is 4.90 Å². The lowest BCUT2D eigenvalue weighted by molar-refractivity contribution is 0.0629. The van der Waals surface area contributed by atoms with E-state index < -0.39 is 6.09 Å². The molecule has 0 fully saturated rings. The van der Waals surface area contributed by atoms with Crippen molar-refractivity contribution in [2.75, 3.05) is 20.4 Å². The zero-order valence-electron chi connectivity index (χ0n) is 5.63. The summed E-state index contributed by atoms with van der Waals surface area (Å²) in [7, 11) is 1.46. The molecule has 4 heteroatoms. The molecular weight excluding hydrogens is 122 g/mol. The van der Waals surface area contributed by atoms with Crippen molar-refractivity contribution in [2.24, 2.45) is 0 Å². The van der Waals surface area contributed by atoms with E-state index in [4.69, 9.17) is 5.11 Å². The maximum absolute atomic E-state index is 10.2. The first-order valence-corrected chi connectivity index (χ1v) is 2.69. The van der Waals surface area contributed by atoms with Gasteiger partial charge in [0.25, 0.3) is 0 Å². The molecule has 0 unspecified atom stereocenters. The Labute approximate surface area is 54.0 Å². The summed E-state index contributed by atoms with van der Waals surface area (Å²) < 4.78 is 4.60. The van der Waals surface area contributed by atoms with Crippen LogP contribution in [0.3, 0.4) is 0 Å². The molecule has 0 bridgehead atoms. The van der Waals surface area contributed by atoms with Crippen molar-refractivity contribution in [3.05, 3.63) is 0 Å². The smallest absolute Gasteiger partial charge is 0.409 e. The largest absolute Gasteiger partial charge is 0.465 e. The summed E-state index contributed by atoms with van der Waals surface area (Å²) in [5.74, 6) is 0. The van der Waals surface area contributed by atoms with Gasteiger partial charge in [-0.1, -0.05) is 0 Å². The number of methoxy groups -OCH3 is 1. The molecule has 0 heterocycles. The molecule has 0 spiro atoms. The third-order valence-electron chi connectivity index (χ3n) is 0.937. The Balaban J connectivity index is 3.54. The summed E-state index contributed by atoms with van der Waals surface area (Å²) in [5, 5.41) is 8.35. The quantitative estimate of drug-likeness (QED) is 0.573. The fourth-order valence-electron chi connectivity index (χ4n) is 0.438. The monoisotopic (exact) mass is 133 g/mol. The van der Waals surface area contributed by atoms with Crippen molar-refractivity contribution in [2.45, 2.75) is 6.92 Å². The summed E-state index contributed by atoms with van der Waals surface area (Å²) in [6, 6.07) is 0. The van der Waals surface area contributed by atoms with Crippen LogP contribution in [0.1, 0.15) is 6.92 Å². The summed E-state index contributed by atoms with van der Waals surface area (Å²) in [4.78, 5) is 11.3. The van der Waals surface area contributed by atoms with Gasteiger partial charge < -0.3 is 9.84 Å². The number of carboxylic acid groups (broad SMARTS) is 1. The molecule has 4 nitrogen and oxygen atoms in total. The van der Waals surface area contributed by atoms with Crippen LogP contribution >= 0.6 is 0 Å². The molecule has 54 valence electrons. The first-order chi connectivity index (χ1) is 4.22. The lowest BCUT2D eigenvalue weighted by atomic mass is 10.6. The van der Waals surface area contributed by atoms with Gasteiger partial charge >= 0.3 is 6.09 Å². The van der Waals surface area contributed by atoms with E-state index in [1.807, 2.05) is 0 Å². The van der Waals surface area contributed by atoms with Crippen LogP contribution in [0.15, 0.2) is 0 Å². The minimum atomic E-state index is -0.945. The molecule has 0 aromatic rings. The maximum atomic E-state index is 10.2. The summed E-state index contributed by atoms with van der Waals surface area (Å²) >= 11 is 0. The number of carbonyl (C=O) groups is 1. The van der Waals surface area contributed by atoms with E-state index in [-0.39, 0.29) is 6.73 Å².